The van der Waals surface area contributed by atoms with Crippen LogP contribution < -0.4 is 5.32 Å². The summed E-state index contributed by atoms with van der Waals surface area (Å²) in [7, 11) is 0. The van der Waals surface area contributed by atoms with Gasteiger partial charge in [-0.15, -0.1) is 0 Å². The first kappa shape index (κ1) is 11.3. The van der Waals surface area contributed by atoms with E-state index in [1.807, 2.05) is 25.1 Å². The van der Waals surface area contributed by atoms with Crippen molar-refractivity contribution in [1.82, 2.24) is 0 Å². The summed E-state index contributed by atoms with van der Waals surface area (Å²) in [5, 5.41) is 21.3. The fraction of sp³-hybridized carbons (Fsp3) is 0.400. The number of aryl methyl sites for hydroxylation is 1. The van der Waals surface area contributed by atoms with Gasteiger partial charge in [0.25, 0.3) is 0 Å². The number of aliphatic hydroxyl groups is 2. The number of anilines is 1. The Hall–Kier alpha value is -0.770. The minimum Gasteiger partial charge on any atom is -0.394 e. The summed E-state index contributed by atoms with van der Waals surface area (Å²) < 4.78 is 0. The van der Waals surface area contributed by atoms with Gasteiger partial charge in [0.1, 0.15) is 0 Å². The molecule has 1 atom stereocenters. The Kier molecular flexibility index (Phi) is 4.20. The second kappa shape index (κ2) is 5.20. The number of aliphatic hydroxyl groups excluding tert-OH is 2. The fourth-order valence-corrected chi connectivity index (χ4v) is 1.36. The van der Waals surface area contributed by atoms with E-state index in [9.17, 15) is 0 Å². The number of hydrogen-bond acceptors (Lipinski definition) is 3. The van der Waals surface area contributed by atoms with Gasteiger partial charge in [-0.1, -0.05) is 17.7 Å². The lowest BCUT2D eigenvalue weighted by Crippen LogP contribution is -2.23. The SMILES string of the molecule is Cc1ccc(NC[C@H](O)CO)c(Cl)c1. The number of rotatable bonds is 4. The van der Waals surface area contributed by atoms with E-state index in [1.54, 1.807) is 0 Å². The van der Waals surface area contributed by atoms with Crippen molar-refractivity contribution in [3.05, 3.63) is 28.8 Å². The Bertz CT molecular complexity index is 304. The highest BCUT2D eigenvalue weighted by Crippen LogP contribution is 2.22. The van der Waals surface area contributed by atoms with E-state index >= 15 is 0 Å². The van der Waals surface area contributed by atoms with Crippen LogP contribution in [0.15, 0.2) is 18.2 Å². The average molecular weight is 216 g/mol. The summed E-state index contributed by atoms with van der Waals surface area (Å²) in [5.74, 6) is 0. The average Bonchev–Trinajstić information content (AvgIpc) is 2.16. The summed E-state index contributed by atoms with van der Waals surface area (Å²) in [5.41, 5.74) is 1.85. The van der Waals surface area contributed by atoms with Crippen LogP contribution in [0.2, 0.25) is 5.02 Å². The molecule has 1 rings (SSSR count). The number of hydrogen-bond donors (Lipinski definition) is 3. The second-order valence-electron chi connectivity index (χ2n) is 3.20. The molecule has 0 spiro atoms. The molecule has 0 heterocycles. The van der Waals surface area contributed by atoms with E-state index in [1.165, 1.54) is 0 Å². The molecule has 14 heavy (non-hydrogen) atoms. The molecule has 0 aliphatic rings. The van der Waals surface area contributed by atoms with Crippen LogP contribution in [0.1, 0.15) is 5.56 Å². The molecular formula is C10H14ClNO2. The lowest BCUT2D eigenvalue weighted by molar-refractivity contribution is 0.105. The first-order valence-corrected chi connectivity index (χ1v) is 4.80. The van der Waals surface area contributed by atoms with Gasteiger partial charge >= 0.3 is 0 Å². The predicted molar refractivity (Wildman–Crippen MR) is 57.8 cm³/mol. The van der Waals surface area contributed by atoms with Crippen molar-refractivity contribution in [3.63, 3.8) is 0 Å². The van der Waals surface area contributed by atoms with Gasteiger partial charge in [0.05, 0.1) is 23.4 Å². The van der Waals surface area contributed by atoms with Crippen LogP contribution in [0.3, 0.4) is 0 Å². The fourth-order valence-electron chi connectivity index (χ4n) is 1.06. The van der Waals surface area contributed by atoms with Crippen molar-refractivity contribution in [1.29, 1.82) is 0 Å². The molecule has 0 bridgehead atoms. The highest BCUT2D eigenvalue weighted by atomic mass is 35.5. The van der Waals surface area contributed by atoms with Crippen LogP contribution in [0.4, 0.5) is 5.69 Å². The summed E-state index contributed by atoms with van der Waals surface area (Å²) in [6.45, 7) is 1.99. The number of nitrogens with one attached hydrogen (secondary N) is 1. The zero-order chi connectivity index (χ0) is 10.6. The smallest absolute Gasteiger partial charge is 0.0942 e. The lowest BCUT2D eigenvalue weighted by atomic mass is 10.2. The summed E-state index contributed by atoms with van der Waals surface area (Å²) in [6.07, 6.45) is -0.757. The highest BCUT2D eigenvalue weighted by molar-refractivity contribution is 6.33. The van der Waals surface area contributed by atoms with E-state index in [-0.39, 0.29) is 6.61 Å². The van der Waals surface area contributed by atoms with Gasteiger partial charge in [-0.05, 0) is 24.6 Å². The standard InChI is InChI=1S/C10H14ClNO2/c1-7-2-3-10(9(11)4-7)12-5-8(14)6-13/h2-4,8,12-14H,5-6H2,1H3/t8-/m0/s1. The van der Waals surface area contributed by atoms with Crippen LogP contribution in [-0.4, -0.2) is 29.5 Å². The van der Waals surface area contributed by atoms with E-state index in [0.29, 0.717) is 11.6 Å². The minimum atomic E-state index is -0.757. The molecule has 0 amide bonds. The first-order chi connectivity index (χ1) is 6.63. The molecule has 0 aliphatic heterocycles. The molecule has 78 valence electrons. The molecule has 0 saturated carbocycles. The van der Waals surface area contributed by atoms with Crippen molar-refractivity contribution >= 4 is 17.3 Å². The van der Waals surface area contributed by atoms with Crippen molar-refractivity contribution in [2.45, 2.75) is 13.0 Å². The monoisotopic (exact) mass is 215 g/mol. The van der Waals surface area contributed by atoms with Crippen molar-refractivity contribution in [2.24, 2.45) is 0 Å². The number of halogens is 1. The molecule has 4 heteroatoms. The third kappa shape index (κ3) is 3.18. The minimum absolute atomic E-state index is 0.253. The topological polar surface area (TPSA) is 52.5 Å². The molecule has 0 aliphatic carbocycles. The van der Waals surface area contributed by atoms with E-state index in [0.717, 1.165) is 11.3 Å². The van der Waals surface area contributed by atoms with Crippen molar-refractivity contribution < 1.29 is 10.2 Å². The van der Waals surface area contributed by atoms with Crippen LogP contribution in [0.5, 0.6) is 0 Å². The van der Waals surface area contributed by atoms with E-state index in [2.05, 4.69) is 5.32 Å². The van der Waals surface area contributed by atoms with Gasteiger partial charge < -0.3 is 15.5 Å². The number of benzene rings is 1. The van der Waals surface area contributed by atoms with Crippen molar-refractivity contribution in [3.8, 4) is 0 Å². The Labute approximate surface area is 88.3 Å². The largest absolute Gasteiger partial charge is 0.394 e. The zero-order valence-corrected chi connectivity index (χ0v) is 8.75. The highest BCUT2D eigenvalue weighted by Gasteiger charge is 2.03. The molecule has 3 N–H and O–H groups in total. The van der Waals surface area contributed by atoms with E-state index < -0.39 is 6.10 Å². The second-order valence-corrected chi connectivity index (χ2v) is 3.61. The van der Waals surface area contributed by atoms with Gasteiger partial charge in [0.15, 0.2) is 0 Å². The molecular weight excluding hydrogens is 202 g/mol. The molecule has 1 aromatic rings. The normalized spacial score (nSPS) is 12.6. The Morgan fingerprint density at radius 2 is 2.21 bits per heavy atom. The van der Waals surface area contributed by atoms with Gasteiger partial charge in [-0.25, -0.2) is 0 Å². The van der Waals surface area contributed by atoms with Gasteiger partial charge in [0, 0.05) is 6.54 Å². The molecule has 0 fully saturated rings. The summed E-state index contributed by atoms with van der Waals surface area (Å²) in [6, 6.07) is 5.62. The summed E-state index contributed by atoms with van der Waals surface area (Å²) >= 11 is 5.95. The molecule has 0 aromatic heterocycles. The van der Waals surface area contributed by atoms with Crippen LogP contribution in [0.25, 0.3) is 0 Å². The van der Waals surface area contributed by atoms with Crippen LogP contribution >= 0.6 is 11.6 Å². The zero-order valence-electron chi connectivity index (χ0n) is 8.00. The summed E-state index contributed by atoms with van der Waals surface area (Å²) in [4.78, 5) is 0. The molecule has 3 nitrogen and oxygen atoms in total. The third-order valence-electron chi connectivity index (χ3n) is 1.86. The third-order valence-corrected chi connectivity index (χ3v) is 2.18. The Morgan fingerprint density at radius 1 is 1.50 bits per heavy atom. The maximum atomic E-state index is 9.11. The predicted octanol–water partition coefficient (Wildman–Crippen LogP) is 1.41. The van der Waals surface area contributed by atoms with Gasteiger partial charge in [-0.2, -0.15) is 0 Å². The lowest BCUT2D eigenvalue weighted by Gasteiger charge is -2.11. The van der Waals surface area contributed by atoms with E-state index in [4.69, 9.17) is 21.8 Å². The molecule has 0 saturated heterocycles. The maximum Gasteiger partial charge on any atom is 0.0942 e. The molecule has 1 aromatic carbocycles. The molecule has 0 radical (unpaired) electrons. The van der Waals surface area contributed by atoms with Crippen LogP contribution in [-0.2, 0) is 0 Å². The Morgan fingerprint density at radius 3 is 2.79 bits per heavy atom. The van der Waals surface area contributed by atoms with Crippen molar-refractivity contribution in [2.75, 3.05) is 18.5 Å². The molecule has 0 unspecified atom stereocenters. The maximum absolute atomic E-state index is 9.11. The Balaban J connectivity index is 2.59. The first-order valence-electron chi connectivity index (χ1n) is 4.42. The van der Waals surface area contributed by atoms with Gasteiger partial charge in [0.2, 0.25) is 0 Å². The van der Waals surface area contributed by atoms with Crippen LogP contribution in [0, 0.1) is 6.92 Å². The van der Waals surface area contributed by atoms with Gasteiger partial charge in [-0.3, -0.25) is 0 Å². The quantitative estimate of drug-likeness (QED) is 0.712.